The minimum Gasteiger partial charge on any atom is -0.444 e. The first-order valence-corrected chi connectivity index (χ1v) is 15.2. The Morgan fingerprint density at radius 3 is 2.17 bits per heavy atom. The van der Waals surface area contributed by atoms with Gasteiger partial charge in [0, 0.05) is 5.54 Å². The lowest BCUT2D eigenvalue weighted by molar-refractivity contribution is -0.146. The molecule has 0 bridgehead atoms. The molecule has 0 saturated carbocycles. The summed E-state index contributed by atoms with van der Waals surface area (Å²) in [4.78, 5) is 43.0. The number of alkyl carbamates (subject to hydrolysis) is 1. The number of nitrogens with one attached hydrogen (secondary N) is 2. The normalized spacial score (nSPS) is 13.3. The van der Waals surface area contributed by atoms with Gasteiger partial charge in [0.15, 0.2) is 0 Å². The van der Waals surface area contributed by atoms with Crippen molar-refractivity contribution in [1.82, 2.24) is 10.2 Å². The van der Waals surface area contributed by atoms with Crippen molar-refractivity contribution in [2.75, 3.05) is 17.3 Å². The topological polar surface area (TPSA) is 87.7 Å². The molecule has 2 unspecified atom stereocenters. The van der Waals surface area contributed by atoms with E-state index in [4.69, 9.17) is 16.3 Å². The SMILES string of the molecule is CSCCC(NC(=O)OC(C)(C)C)C(=O)N(C(C(=O)Nc1c(C)cccc1Cl)c1ccc(C)cc1C)C(C)(C)C. The molecule has 0 aliphatic carbocycles. The number of amides is 3. The molecule has 9 heteroatoms. The van der Waals surface area contributed by atoms with Crippen LogP contribution < -0.4 is 10.6 Å². The first kappa shape index (κ1) is 33.5. The van der Waals surface area contributed by atoms with E-state index in [1.54, 1.807) is 43.5 Å². The molecule has 0 aliphatic heterocycles. The van der Waals surface area contributed by atoms with Gasteiger partial charge in [-0.1, -0.05) is 47.5 Å². The van der Waals surface area contributed by atoms with Crippen molar-refractivity contribution in [1.29, 1.82) is 0 Å². The predicted octanol–water partition coefficient (Wildman–Crippen LogP) is 7.22. The van der Waals surface area contributed by atoms with Crippen LogP contribution in [0.25, 0.3) is 0 Å². The third kappa shape index (κ3) is 9.16. The number of aryl methyl sites for hydroxylation is 3. The number of para-hydroxylation sites is 1. The Labute approximate surface area is 248 Å². The molecule has 2 atom stereocenters. The molecule has 40 heavy (non-hydrogen) atoms. The van der Waals surface area contributed by atoms with E-state index in [-0.39, 0.29) is 5.91 Å². The van der Waals surface area contributed by atoms with Crippen molar-refractivity contribution >= 4 is 47.0 Å². The number of hydrogen-bond donors (Lipinski definition) is 2. The maximum Gasteiger partial charge on any atom is 0.408 e. The Bertz CT molecular complexity index is 1200. The summed E-state index contributed by atoms with van der Waals surface area (Å²) < 4.78 is 5.47. The van der Waals surface area contributed by atoms with Gasteiger partial charge in [0.05, 0.1) is 10.7 Å². The fourth-order valence-electron chi connectivity index (χ4n) is 4.47. The number of ether oxygens (including phenoxy) is 1. The summed E-state index contributed by atoms with van der Waals surface area (Å²) in [5.41, 5.74) is 2.39. The van der Waals surface area contributed by atoms with Crippen LogP contribution in [0.1, 0.15) is 76.3 Å². The zero-order chi connectivity index (χ0) is 30.4. The zero-order valence-corrected chi connectivity index (χ0v) is 27.0. The lowest BCUT2D eigenvalue weighted by Gasteiger charge is -2.43. The summed E-state index contributed by atoms with van der Waals surface area (Å²) in [6.45, 7) is 16.7. The van der Waals surface area contributed by atoms with Crippen molar-refractivity contribution in [2.45, 2.75) is 92.0 Å². The average Bonchev–Trinajstić information content (AvgIpc) is 2.80. The van der Waals surface area contributed by atoms with Gasteiger partial charge in [0.25, 0.3) is 5.91 Å². The highest BCUT2D eigenvalue weighted by molar-refractivity contribution is 7.98. The first-order valence-electron chi connectivity index (χ1n) is 13.4. The number of carbonyl (C=O) groups excluding carboxylic acids is 3. The Kier molecular flexibility index (Phi) is 11.5. The second-order valence-corrected chi connectivity index (χ2v) is 13.4. The van der Waals surface area contributed by atoms with Crippen LogP contribution >= 0.6 is 23.4 Å². The number of benzene rings is 2. The van der Waals surface area contributed by atoms with E-state index in [1.165, 1.54) is 0 Å². The maximum absolute atomic E-state index is 14.4. The van der Waals surface area contributed by atoms with Crippen LogP contribution in [0.2, 0.25) is 5.02 Å². The van der Waals surface area contributed by atoms with Crippen molar-refractivity contribution < 1.29 is 19.1 Å². The van der Waals surface area contributed by atoms with E-state index in [0.717, 1.165) is 16.7 Å². The number of carbonyl (C=O) groups is 3. The number of hydrogen-bond acceptors (Lipinski definition) is 5. The largest absolute Gasteiger partial charge is 0.444 e. The molecule has 0 aliphatic rings. The second-order valence-electron chi connectivity index (χ2n) is 12.0. The van der Waals surface area contributed by atoms with Crippen LogP contribution in [0.15, 0.2) is 36.4 Å². The smallest absolute Gasteiger partial charge is 0.408 e. The van der Waals surface area contributed by atoms with Crippen LogP contribution in [-0.4, -0.2) is 52.0 Å². The summed E-state index contributed by atoms with van der Waals surface area (Å²) in [6, 6.07) is 9.31. The molecule has 0 spiro atoms. The van der Waals surface area contributed by atoms with E-state index < -0.39 is 35.2 Å². The summed E-state index contributed by atoms with van der Waals surface area (Å²) in [7, 11) is 0. The molecule has 0 radical (unpaired) electrons. The highest BCUT2D eigenvalue weighted by atomic mass is 35.5. The molecule has 2 aromatic rings. The lowest BCUT2D eigenvalue weighted by Crippen LogP contribution is -2.58. The summed E-state index contributed by atoms with van der Waals surface area (Å²) in [6.07, 6.45) is 1.63. The van der Waals surface area contributed by atoms with Gasteiger partial charge in [0.2, 0.25) is 5.91 Å². The van der Waals surface area contributed by atoms with Crippen molar-refractivity contribution in [3.63, 3.8) is 0 Å². The summed E-state index contributed by atoms with van der Waals surface area (Å²) in [5.74, 6) is -0.139. The predicted molar refractivity (Wildman–Crippen MR) is 166 cm³/mol. The van der Waals surface area contributed by atoms with Gasteiger partial charge in [0.1, 0.15) is 17.7 Å². The third-order valence-corrected chi connectivity index (χ3v) is 7.22. The monoisotopic (exact) mass is 589 g/mol. The fraction of sp³-hybridized carbons (Fsp3) is 0.516. The van der Waals surface area contributed by atoms with E-state index in [0.29, 0.717) is 28.4 Å². The van der Waals surface area contributed by atoms with Gasteiger partial charge in [-0.3, -0.25) is 9.59 Å². The van der Waals surface area contributed by atoms with Crippen LogP contribution in [0, 0.1) is 20.8 Å². The van der Waals surface area contributed by atoms with Gasteiger partial charge < -0.3 is 20.3 Å². The molecule has 0 saturated heterocycles. The molecule has 0 aromatic heterocycles. The van der Waals surface area contributed by atoms with E-state index in [2.05, 4.69) is 10.6 Å². The van der Waals surface area contributed by atoms with Crippen LogP contribution in [0.3, 0.4) is 0 Å². The number of thioether (sulfide) groups is 1. The van der Waals surface area contributed by atoms with Crippen LogP contribution in [0.5, 0.6) is 0 Å². The second kappa shape index (κ2) is 13.8. The standard InChI is InChI=1S/C31H44ClN3O4S/c1-19-14-15-22(21(3)18-19)26(27(36)34-25-20(2)12-11-13-23(25)32)35(30(4,5)6)28(37)24(16-17-40-10)33-29(38)39-31(7,8)9/h11-15,18,24,26H,16-17H2,1-10H3,(H,33,38)(H,34,36). The Balaban J connectivity index is 2.66. The van der Waals surface area contributed by atoms with E-state index in [1.807, 2.05) is 78.1 Å². The molecule has 3 amide bonds. The Morgan fingerprint density at radius 2 is 1.65 bits per heavy atom. The number of nitrogens with zero attached hydrogens (tertiary/aromatic N) is 1. The molecule has 220 valence electrons. The van der Waals surface area contributed by atoms with Gasteiger partial charge in [-0.2, -0.15) is 11.8 Å². The first-order chi connectivity index (χ1) is 18.5. The molecular weight excluding hydrogens is 546 g/mol. The Morgan fingerprint density at radius 1 is 1.00 bits per heavy atom. The molecule has 7 nitrogen and oxygen atoms in total. The van der Waals surface area contributed by atoms with E-state index >= 15 is 0 Å². The maximum atomic E-state index is 14.4. The number of halogens is 1. The highest BCUT2D eigenvalue weighted by Gasteiger charge is 2.42. The molecule has 2 N–H and O–H groups in total. The number of anilines is 1. The zero-order valence-electron chi connectivity index (χ0n) is 25.4. The van der Waals surface area contributed by atoms with Crippen molar-refractivity contribution in [2.24, 2.45) is 0 Å². The van der Waals surface area contributed by atoms with Crippen molar-refractivity contribution in [3.8, 4) is 0 Å². The molecular formula is C31H44ClN3O4S. The van der Waals surface area contributed by atoms with Gasteiger partial charge in [-0.05, 0) is 103 Å². The number of rotatable bonds is 9. The molecule has 2 rings (SSSR count). The van der Waals surface area contributed by atoms with Gasteiger partial charge in [-0.15, -0.1) is 0 Å². The van der Waals surface area contributed by atoms with Gasteiger partial charge in [-0.25, -0.2) is 4.79 Å². The minimum absolute atomic E-state index is 0.372. The van der Waals surface area contributed by atoms with E-state index in [9.17, 15) is 14.4 Å². The fourth-order valence-corrected chi connectivity index (χ4v) is 5.21. The summed E-state index contributed by atoms with van der Waals surface area (Å²) in [5, 5.41) is 6.19. The molecule has 2 aromatic carbocycles. The van der Waals surface area contributed by atoms with Crippen LogP contribution in [0.4, 0.5) is 10.5 Å². The average molecular weight is 590 g/mol. The lowest BCUT2D eigenvalue weighted by atomic mass is 9.92. The minimum atomic E-state index is -0.999. The van der Waals surface area contributed by atoms with Crippen molar-refractivity contribution in [3.05, 3.63) is 63.7 Å². The quantitative estimate of drug-likeness (QED) is 0.322. The Hall–Kier alpha value is -2.71. The third-order valence-electron chi connectivity index (χ3n) is 6.26. The summed E-state index contributed by atoms with van der Waals surface area (Å²) >= 11 is 8.04. The van der Waals surface area contributed by atoms with Gasteiger partial charge >= 0.3 is 6.09 Å². The van der Waals surface area contributed by atoms with Crippen LogP contribution in [-0.2, 0) is 14.3 Å². The molecule has 0 fully saturated rings. The highest BCUT2D eigenvalue weighted by Crippen LogP contribution is 2.35. The molecule has 0 heterocycles.